The van der Waals surface area contributed by atoms with Crippen LogP contribution in [0.3, 0.4) is 0 Å². The van der Waals surface area contributed by atoms with E-state index in [9.17, 15) is 0 Å². The zero-order valence-electron chi connectivity index (χ0n) is 15.8. The van der Waals surface area contributed by atoms with Gasteiger partial charge in [-0.2, -0.15) is 0 Å². The van der Waals surface area contributed by atoms with Crippen LogP contribution in [0.15, 0.2) is 47.6 Å². The van der Waals surface area contributed by atoms with Crippen molar-refractivity contribution in [3.05, 3.63) is 59.4 Å². The van der Waals surface area contributed by atoms with Crippen LogP contribution in [0.25, 0.3) is 0 Å². The van der Waals surface area contributed by atoms with Crippen molar-refractivity contribution < 1.29 is 4.74 Å². The molecule has 1 aromatic carbocycles. The first-order chi connectivity index (χ1) is 12.2. The molecule has 5 heteroatoms. The molecule has 0 saturated carbocycles. The summed E-state index contributed by atoms with van der Waals surface area (Å²) in [6, 6.07) is 12.6. The molecule has 25 heavy (non-hydrogen) atoms. The van der Waals surface area contributed by atoms with Crippen LogP contribution in [0.1, 0.15) is 30.2 Å². The van der Waals surface area contributed by atoms with E-state index >= 15 is 0 Å². The first-order valence-electron chi connectivity index (χ1n) is 8.82. The Balaban J connectivity index is 1.95. The molecule has 1 N–H and O–H groups in total. The summed E-state index contributed by atoms with van der Waals surface area (Å²) in [5.74, 6) is 0.880. The topological polar surface area (TPSA) is 41.8 Å². The number of guanidine groups is 1. The summed E-state index contributed by atoms with van der Waals surface area (Å²) < 4.78 is 7.83. The number of aliphatic imine (C=N–C) groups is 1. The van der Waals surface area contributed by atoms with E-state index in [1.807, 2.05) is 7.05 Å². The number of aromatic nitrogens is 1. The summed E-state index contributed by atoms with van der Waals surface area (Å²) in [5, 5.41) is 3.46. The van der Waals surface area contributed by atoms with E-state index in [-0.39, 0.29) is 0 Å². The predicted molar refractivity (Wildman–Crippen MR) is 103 cm³/mol. The van der Waals surface area contributed by atoms with Crippen molar-refractivity contribution in [2.24, 2.45) is 12.0 Å². The SMILES string of the molecule is CCCOCc1ccccc1CNC(=NC)N(C)Cc1cccn1C. The molecule has 5 nitrogen and oxygen atoms in total. The summed E-state index contributed by atoms with van der Waals surface area (Å²) >= 11 is 0. The quantitative estimate of drug-likeness (QED) is 0.455. The van der Waals surface area contributed by atoms with Gasteiger partial charge in [0, 0.05) is 46.2 Å². The molecule has 0 bridgehead atoms. The van der Waals surface area contributed by atoms with Crippen LogP contribution >= 0.6 is 0 Å². The van der Waals surface area contributed by atoms with Gasteiger partial charge in [-0.05, 0) is 29.7 Å². The normalized spacial score (nSPS) is 11.6. The molecule has 1 heterocycles. The van der Waals surface area contributed by atoms with Crippen LogP contribution in [-0.2, 0) is 31.5 Å². The van der Waals surface area contributed by atoms with Crippen molar-refractivity contribution in [1.29, 1.82) is 0 Å². The molecule has 0 aliphatic carbocycles. The van der Waals surface area contributed by atoms with Gasteiger partial charge in [-0.15, -0.1) is 0 Å². The van der Waals surface area contributed by atoms with Crippen molar-refractivity contribution in [2.45, 2.75) is 33.0 Å². The van der Waals surface area contributed by atoms with Crippen molar-refractivity contribution in [1.82, 2.24) is 14.8 Å². The van der Waals surface area contributed by atoms with Crippen molar-refractivity contribution in [2.75, 3.05) is 20.7 Å². The molecule has 0 radical (unpaired) electrons. The number of hydrogen-bond donors (Lipinski definition) is 1. The second-order valence-corrected chi connectivity index (χ2v) is 6.19. The van der Waals surface area contributed by atoms with Crippen LogP contribution in [-0.4, -0.2) is 36.1 Å². The summed E-state index contributed by atoms with van der Waals surface area (Å²) in [4.78, 5) is 6.54. The van der Waals surface area contributed by atoms with Gasteiger partial charge in [-0.1, -0.05) is 31.2 Å². The van der Waals surface area contributed by atoms with Crippen molar-refractivity contribution in [3.63, 3.8) is 0 Å². The van der Waals surface area contributed by atoms with Gasteiger partial charge in [0.25, 0.3) is 0 Å². The molecule has 0 atom stereocenters. The minimum absolute atomic E-state index is 0.656. The van der Waals surface area contributed by atoms with E-state index < -0.39 is 0 Å². The standard InChI is InChI=1S/C20H30N4O/c1-5-13-25-16-18-10-7-6-9-17(18)14-22-20(21-2)24(4)15-19-11-8-12-23(19)3/h6-12H,5,13-16H2,1-4H3,(H,21,22). The molecule has 0 aliphatic rings. The van der Waals surface area contributed by atoms with Gasteiger partial charge in [-0.3, -0.25) is 4.99 Å². The monoisotopic (exact) mass is 342 g/mol. The molecule has 0 saturated heterocycles. The zero-order valence-corrected chi connectivity index (χ0v) is 15.8. The lowest BCUT2D eigenvalue weighted by molar-refractivity contribution is 0.121. The molecule has 2 rings (SSSR count). The Kier molecular flexibility index (Phi) is 7.54. The number of hydrogen-bond acceptors (Lipinski definition) is 2. The van der Waals surface area contributed by atoms with Crippen LogP contribution in [0.5, 0.6) is 0 Å². The fourth-order valence-corrected chi connectivity index (χ4v) is 2.73. The largest absolute Gasteiger partial charge is 0.377 e. The second-order valence-electron chi connectivity index (χ2n) is 6.19. The van der Waals surface area contributed by atoms with E-state index in [1.165, 1.54) is 16.8 Å². The summed E-state index contributed by atoms with van der Waals surface area (Å²) in [5.41, 5.74) is 3.72. The summed E-state index contributed by atoms with van der Waals surface area (Å²) in [7, 11) is 5.94. The number of ether oxygens (including phenoxy) is 1. The smallest absolute Gasteiger partial charge is 0.194 e. The Morgan fingerprint density at radius 1 is 1.20 bits per heavy atom. The maximum Gasteiger partial charge on any atom is 0.194 e. The van der Waals surface area contributed by atoms with Crippen molar-refractivity contribution >= 4 is 5.96 Å². The highest BCUT2D eigenvalue weighted by atomic mass is 16.5. The first kappa shape index (κ1) is 19.1. The molecule has 0 fully saturated rings. The van der Waals surface area contributed by atoms with Gasteiger partial charge in [0.2, 0.25) is 0 Å². The molecule has 1 aromatic heterocycles. The Bertz CT molecular complexity index is 678. The van der Waals surface area contributed by atoms with Gasteiger partial charge in [0.1, 0.15) is 0 Å². The van der Waals surface area contributed by atoms with Crippen molar-refractivity contribution in [3.8, 4) is 0 Å². The molecule has 0 spiro atoms. The summed E-state index contributed by atoms with van der Waals surface area (Å²) in [6.45, 7) is 5.12. The van der Waals surface area contributed by atoms with Gasteiger partial charge in [0.05, 0.1) is 13.2 Å². The third-order valence-electron chi connectivity index (χ3n) is 4.19. The van der Waals surface area contributed by atoms with Crippen LogP contribution in [0.4, 0.5) is 0 Å². The number of rotatable bonds is 8. The van der Waals surface area contributed by atoms with E-state index in [0.717, 1.165) is 32.1 Å². The third kappa shape index (κ3) is 5.64. The maximum atomic E-state index is 5.70. The molecular formula is C20H30N4O. The van der Waals surface area contributed by atoms with E-state index in [0.29, 0.717) is 6.61 Å². The Labute approximate surface area is 151 Å². The number of benzene rings is 1. The van der Waals surface area contributed by atoms with Gasteiger partial charge >= 0.3 is 0 Å². The van der Waals surface area contributed by atoms with Gasteiger partial charge in [-0.25, -0.2) is 0 Å². The Morgan fingerprint density at radius 2 is 1.96 bits per heavy atom. The maximum absolute atomic E-state index is 5.70. The van der Waals surface area contributed by atoms with E-state index in [1.54, 1.807) is 0 Å². The van der Waals surface area contributed by atoms with Crippen LogP contribution < -0.4 is 5.32 Å². The average molecular weight is 342 g/mol. The Hall–Kier alpha value is -2.27. The van der Waals surface area contributed by atoms with E-state index in [2.05, 4.69) is 83.4 Å². The highest BCUT2D eigenvalue weighted by Crippen LogP contribution is 2.11. The molecule has 0 amide bonds. The van der Waals surface area contributed by atoms with Gasteiger partial charge in [0.15, 0.2) is 5.96 Å². The second kappa shape index (κ2) is 9.89. The third-order valence-corrected chi connectivity index (χ3v) is 4.19. The number of nitrogens with zero attached hydrogens (tertiary/aromatic N) is 3. The van der Waals surface area contributed by atoms with Gasteiger partial charge < -0.3 is 19.5 Å². The molecular weight excluding hydrogens is 312 g/mol. The number of nitrogens with one attached hydrogen (secondary N) is 1. The van der Waals surface area contributed by atoms with E-state index in [4.69, 9.17) is 4.74 Å². The number of aryl methyl sites for hydroxylation is 1. The van der Waals surface area contributed by atoms with Crippen LogP contribution in [0.2, 0.25) is 0 Å². The minimum atomic E-state index is 0.656. The highest BCUT2D eigenvalue weighted by molar-refractivity contribution is 5.79. The van der Waals surface area contributed by atoms with Crippen LogP contribution in [0, 0.1) is 0 Å². The first-order valence-corrected chi connectivity index (χ1v) is 8.82. The fraction of sp³-hybridized carbons (Fsp3) is 0.450. The lowest BCUT2D eigenvalue weighted by Gasteiger charge is -2.23. The zero-order chi connectivity index (χ0) is 18.1. The molecule has 136 valence electrons. The molecule has 0 aliphatic heterocycles. The predicted octanol–water partition coefficient (Wildman–Crippen LogP) is 3.16. The molecule has 0 unspecified atom stereocenters. The summed E-state index contributed by atoms with van der Waals surface area (Å²) in [6.07, 6.45) is 3.10. The molecule has 2 aromatic rings. The highest BCUT2D eigenvalue weighted by Gasteiger charge is 2.09. The minimum Gasteiger partial charge on any atom is -0.377 e. The lowest BCUT2D eigenvalue weighted by atomic mass is 10.1. The fourth-order valence-electron chi connectivity index (χ4n) is 2.73. The Morgan fingerprint density at radius 3 is 2.60 bits per heavy atom. The lowest BCUT2D eigenvalue weighted by Crippen LogP contribution is -2.38. The average Bonchev–Trinajstić information content (AvgIpc) is 3.01.